The van der Waals surface area contributed by atoms with E-state index in [9.17, 15) is 9.59 Å². The molecule has 0 bridgehead atoms. The molecule has 0 saturated carbocycles. The molecule has 3 aromatic carbocycles. The second kappa shape index (κ2) is 16.1. The molecule has 256 valence electrons. The van der Waals surface area contributed by atoms with Crippen LogP contribution in [-0.4, -0.2) is 52.6 Å². The number of nitrogens with one attached hydrogen (secondary N) is 3. The number of benzene rings is 3. The fraction of sp³-hybridized carbons (Fsp3) is 0.342. The van der Waals surface area contributed by atoms with Crippen LogP contribution in [-0.2, 0) is 17.9 Å². The topological polar surface area (TPSA) is 110 Å². The van der Waals surface area contributed by atoms with Crippen molar-refractivity contribution in [2.24, 2.45) is 0 Å². The van der Waals surface area contributed by atoms with Crippen molar-refractivity contribution >= 4 is 45.0 Å². The molecule has 0 spiro atoms. The number of rotatable bonds is 13. The maximum atomic E-state index is 13.2. The standard InChI is InChI=1S/C38H44N6O4S/c1-4-29(5-2)40-37(46)41-30-15-18-34(27(21-30)25-47-3)48-35-22-39-38(49-35)42-36(45)26-13-16-31(17-14-26)44-24-28(23-43-19-9-6-10-20-43)32-11-7-8-12-33(32)44/h7-8,11-18,21-22,24,29H,4-6,9-10,19-20,23,25H2,1-3H3,(H,39,42,45)(H2,40,41,46). The lowest BCUT2D eigenvalue weighted by Crippen LogP contribution is -2.37. The van der Waals surface area contributed by atoms with Gasteiger partial charge in [0.1, 0.15) is 5.75 Å². The minimum absolute atomic E-state index is 0.120. The van der Waals surface area contributed by atoms with Gasteiger partial charge in [0, 0.05) is 53.8 Å². The van der Waals surface area contributed by atoms with Crippen molar-refractivity contribution in [2.75, 3.05) is 30.8 Å². The number of fused-ring (bicyclic) bond motifs is 1. The van der Waals surface area contributed by atoms with Gasteiger partial charge in [-0.3, -0.25) is 15.0 Å². The molecule has 1 aliphatic heterocycles. The van der Waals surface area contributed by atoms with Crippen molar-refractivity contribution in [1.29, 1.82) is 0 Å². The average molecular weight is 681 g/mol. The first-order valence-electron chi connectivity index (χ1n) is 17.0. The third kappa shape index (κ3) is 8.48. The Morgan fingerprint density at radius 3 is 2.47 bits per heavy atom. The van der Waals surface area contributed by atoms with Crippen LogP contribution in [0.2, 0.25) is 0 Å². The van der Waals surface area contributed by atoms with Crippen molar-refractivity contribution in [3.63, 3.8) is 0 Å². The van der Waals surface area contributed by atoms with Gasteiger partial charge >= 0.3 is 6.03 Å². The van der Waals surface area contributed by atoms with Gasteiger partial charge in [-0.2, -0.15) is 0 Å². The lowest BCUT2D eigenvalue weighted by molar-refractivity contribution is 0.102. The first-order valence-corrected chi connectivity index (χ1v) is 17.8. The molecule has 5 aromatic rings. The quantitative estimate of drug-likeness (QED) is 0.115. The summed E-state index contributed by atoms with van der Waals surface area (Å²) in [6.07, 6.45) is 9.38. The van der Waals surface area contributed by atoms with Crippen LogP contribution >= 0.6 is 11.3 Å². The van der Waals surface area contributed by atoms with Crippen LogP contribution < -0.4 is 20.7 Å². The highest BCUT2D eigenvalue weighted by Crippen LogP contribution is 2.34. The minimum atomic E-state index is -0.252. The van der Waals surface area contributed by atoms with E-state index in [1.165, 1.54) is 41.5 Å². The molecule has 1 saturated heterocycles. The number of aromatic nitrogens is 2. The van der Waals surface area contributed by atoms with Crippen molar-refractivity contribution < 1.29 is 19.1 Å². The van der Waals surface area contributed by atoms with Crippen LogP contribution in [0.15, 0.2) is 79.1 Å². The summed E-state index contributed by atoms with van der Waals surface area (Å²) >= 11 is 1.23. The molecular weight excluding hydrogens is 637 g/mol. The second-order valence-electron chi connectivity index (χ2n) is 12.3. The second-order valence-corrected chi connectivity index (χ2v) is 13.3. The van der Waals surface area contributed by atoms with E-state index in [1.54, 1.807) is 25.4 Å². The van der Waals surface area contributed by atoms with Gasteiger partial charge in [0.2, 0.25) is 5.06 Å². The molecule has 3 heterocycles. The van der Waals surface area contributed by atoms with E-state index in [-0.39, 0.29) is 24.6 Å². The largest absolute Gasteiger partial charge is 0.445 e. The lowest BCUT2D eigenvalue weighted by atomic mass is 10.1. The molecule has 6 rings (SSSR count). The third-order valence-corrected chi connectivity index (χ3v) is 9.69. The summed E-state index contributed by atoms with van der Waals surface area (Å²) in [7, 11) is 1.60. The fourth-order valence-corrected chi connectivity index (χ4v) is 6.91. The molecular formula is C38H44N6O4S. The van der Waals surface area contributed by atoms with Crippen LogP contribution in [0, 0.1) is 0 Å². The van der Waals surface area contributed by atoms with Gasteiger partial charge < -0.3 is 24.7 Å². The van der Waals surface area contributed by atoms with E-state index in [2.05, 4.69) is 60.9 Å². The molecule has 0 atom stereocenters. The molecule has 3 N–H and O–H groups in total. The van der Waals surface area contributed by atoms with E-state index in [1.807, 2.05) is 44.2 Å². The summed E-state index contributed by atoms with van der Waals surface area (Å²) in [5, 5.41) is 11.0. The Morgan fingerprint density at radius 2 is 1.71 bits per heavy atom. The minimum Gasteiger partial charge on any atom is -0.445 e. The van der Waals surface area contributed by atoms with E-state index in [0.717, 1.165) is 49.2 Å². The maximum Gasteiger partial charge on any atom is 0.319 e. The summed E-state index contributed by atoms with van der Waals surface area (Å²) in [5.41, 5.74) is 5.41. The van der Waals surface area contributed by atoms with Gasteiger partial charge in [0.15, 0.2) is 5.13 Å². The van der Waals surface area contributed by atoms with Crippen LogP contribution in [0.25, 0.3) is 16.6 Å². The Labute approximate surface area is 291 Å². The number of hydrogen-bond acceptors (Lipinski definition) is 7. The molecule has 49 heavy (non-hydrogen) atoms. The number of thiazole rings is 1. The zero-order chi connectivity index (χ0) is 34.2. The average Bonchev–Trinajstić information content (AvgIpc) is 3.72. The van der Waals surface area contributed by atoms with Gasteiger partial charge in [-0.15, -0.1) is 0 Å². The van der Waals surface area contributed by atoms with Gasteiger partial charge in [0.25, 0.3) is 5.91 Å². The van der Waals surface area contributed by atoms with Crippen LogP contribution in [0.4, 0.5) is 15.6 Å². The van der Waals surface area contributed by atoms with Gasteiger partial charge in [-0.05, 0) is 92.9 Å². The summed E-state index contributed by atoms with van der Waals surface area (Å²) in [4.78, 5) is 32.5. The van der Waals surface area contributed by atoms with Crippen molar-refractivity contribution in [2.45, 2.75) is 65.1 Å². The highest BCUT2D eigenvalue weighted by atomic mass is 32.1. The number of amides is 3. The zero-order valence-corrected chi connectivity index (χ0v) is 29.1. The Hall–Kier alpha value is -4.71. The third-order valence-electron chi connectivity index (χ3n) is 8.90. The van der Waals surface area contributed by atoms with Crippen LogP contribution in [0.3, 0.4) is 0 Å². The number of para-hydroxylation sites is 1. The van der Waals surface area contributed by atoms with Crippen LogP contribution in [0.5, 0.6) is 10.8 Å². The number of carbonyl (C=O) groups excluding carboxylic acids is 2. The number of hydrogen-bond donors (Lipinski definition) is 3. The van der Waals surface area contributed by atoms with Gasteiger partial charge in [-0.1, -0.05) is 49.8 Å². The smallest absolute Gasteiger partial charge is 0.319 e. The number of likely N-dealkylation sites (tertiary alicyclic amines) is 1. The molecule has 10 nitrogen and oxygen atoms in total. The summed E-state index contributed by atoms with van der Waals surface area (Å²) in [5.74, 6) is 0.319. The van der Waals surface area contributed by atoms with Gasteiger partial charge in [-0.25, -0.2) is 9.78 Å². The Balaban J connectivity index is 1.10. The predicted molar refractivity (Wildman–Crippen MR) is 196 cm³/mol. The summed E-state index contributed by atoms with van der Waals surface area (Å²) in [6, 6.07) is 21.4. The molecule has 11 heteroatoms. The number of piperidine rings is 1. The number of ether oxygens (including phenoxy) is 2. The van der Waals surface area contributed by atoms with Crippen molar-refractivity contribution in [3.8, 4) is 16.5 Å². The van der Waals surface area contributed by atoms with Gasteiger partial charge in [0.05, 0.1) is 18.3 Å². The molecule has 0 aliphatic carbocycles. The Kier molecular flexibility index (Phi) is 11.2. The van der Waals surface area contributed by atoms with E-state index >= 15 is 0 Å². The van der Waals surface area contributed by atoms with Crippen LogP contribution in [0.1, 0.15) is 67.4 Å². The Morgan fingerprint density at radius 1 is 0.939 bits per heavy atom. The van der Waals surface area contributed by atoms with Crippen molar-refractivity contribution in [1.82, 2.24) is 19.8 Å². The highest BCUT2D eigenvalue weighted by molar-refractivity contribution is 7.17. The summed E-state index contributed by atoms with van der Waals surface area (Å²) in [6.45, 7) is 7.62. The molecule has 1 aliphatic rings. The monoisotopic (exact) mass is 680 g/mol. The molecule has 0 radical (unpaired) electrons. The number of methoxy groups -OCH3 is 1. The number of anilines is 2. The predicted octanol–water partition coefficient (Wildman–Crippen LogP) is 8.57. The van der Waals surface area contributed by atoms with E-state index < -0.39 is 0 Å². The molecule has 3 amide bonds. The number of nitrogens with zero attached hydrogens (tertiary/aromatic N) is 3. The molecule has 1 fully saturated rings. The first-order chi connectivity index (χ1) is 23.9. The SMILES string of the molecule is CCC(CC)NC(=O)Nc1ccc(Oc2cnc(NC(=O)c3ccc(-n4cc(CN5CCCCC5)c5ccccc54)cc3)s2)c(COC)c1. The highest BCUT2D eigenvalue weighted by Gasteiger charge is 2.17. The summed E-state index contributed by atoms with van der Waals surface area (Å²) < 4.78 is 13.7. The molecule has 2 aromatic heterocycles. The molecule has 0 unspecified atom stereocenters. The zero-order valence-electron chi connectivity index (χ0n) is 28.3. The Bertz CT molecular complexity index is 1870. The van der Waals surface area contributed by atoms with E-state index in [0.29, 0.717) is 27.2 Å². The number of carbonyl (C=O) groups is 2. The normalized spacial score (nSPS) is 13.5. The first kappa shape index (κ1) is 34.2. The maximum absolute atomic E-state index is 13.2. The van der Waals surface area contributed by atoms with Crippen molar-refractivity contribution in [3.05, 3.63) is 95.8 Å². The fourth-order valence-electron chi connectivity index (χ4n) is 6.23. The number of urea groups is 1. The lowest BCUT2D eigenvalue weighted by Gasteiger charge is -2.26. The van der Waals surface area contributed by atoms with E-state index in [4.69, 9.17) is 9.47 Å².